The summed E-state index contributed by atoms with van der Waals surface area (Å²) in [5, 5.41) is 5.65. The number of carbonyl (C=O) groups is 3. The molecule has 3 fully saturated rings. The highest BCUT2D eigenvalue weighted by Gasteiger charge is 2.40. The summed E-state index contributed by atoms with van der Waals surface area (Å²) in [7, 11) is 0. The molecule has 204 valence electrons. The van der Waals surface area contributed by atoms with Gasteiger partial charge in [-0.3, -0.25) is 19.3 Å². The molecule has 2 aromatic rings. The molecular weight excluding hydrogens is 538 g/mol. The molecule has 38 heavy (non-hydrogen) atoms. The van der Waals surface area contributed by atoms with Crippen molar-refractivity contribution < 1.29 is 27.9 Å². The molecule has 0 unspecified atom stereocenters. The van der Waals surface area contributed by atoms with E-state index in [9.17, 15) is 23.2 Å². The SMILES string of the molecule is O=C(NC[C@H](C(=O)Nc1ccc(N2CCOCC2=O)c(C(F)F)c1)N(CC1CC1)C1CC1)c1ccc(Cl)s1. The van der Waals surface area contributed by atoms with Gasteiger partial charge in [-0.1, -0.05) is 11.6 Å². The van der Waals surface area contributed by atoms with Gasteiger partial charge in [0.1, 0.15) is 12.6 Å². The van der Waals surface area contributed by atoms with E-state index in [0.29, 0.717) is 15.1 Å². The third kappa shape index (κ3) is 6.51. The van der Waals surface area contributed by atoms with E-state index in [-0.39, 0.29) is 61.1 Å². The number of nitrogens with one attached hydrogen (secondary N) is 2. The highest BCUT2D eigenvalue weighted by Crippen LogP contribution is 2.37. The third-order valence-electron chi connectivity index (χ3n) is 6.94. The van der Waals surface area contributed by atoms with Crippen LogP contribution in [0.15, 0.2) is 30.3 Å². The van der Waals surface area contributed by atoms with Gasteiger partial charge >= 0.3 is 0 Å². The van der Waals surface area contributed by atoms with Crippen LogP contribution < -0.4 is 15.5 Å². The van der Waals surface area contributed by atoms with Crippen LogP contribution in [0, 0.1) is 5.92 Å². The van der Waals surface area contributed by atoms with Crippen molar-refractivity contribution in [2.75, 3.05) is 43.1 Å². The van der Waals surface area contributed by atoms with Gasteiger partial charge in [0.05, 0.1) is 21.5 Å². The lowest BCUT2D eigenvalue weighted by Crippen LogP contribution is -2.52. The zero-order valence-electron chi connectivity index (χ0n) is 20.6. The minimum absolute atomic E-state index is 0.0749. The number of alkyl halides is 2. The summed E-state index contributed by atoms with van der Waals surface area (Å²) in [6.45, 7) is 1.11. The van der Waals surface area contributed by atoms with Gasteiger partial charge in [0, 0.05) is 36.9 Å². The Labute approximate surface area is 228 Å². The normalized spacial score (nSPS) is 18.7. The molecule has 5 rings (SSSR count). The number of thiophene rings is 1. The van der Waals surface area contributed by atoms with E-state index in [4.69, 9.17) is 16.3 Å². The van der Waals surface area contributed by atoms with Crippen LogP contribution in [-0.2, 0) is 14.3 Å². The second-order valence-corrected chi connectivity index (χ2v) is 11.6. The Morgan fingerprint density at radius 1 is 1.18 bits per heavy atom. The number of morpholine rings is 1. The van der Waals surface area contributed by atoms with Crippen molar-refractivity contribution in [3.05, 3.63) is 45.1 Å². The number of halogens is 3. The monoisotopic (exact) mass is 566 g/mol. The number of rotatable bonds is 11. The maximum absolute atomic E-state index is 14.0. The minimum Gasteiger partial charge on any atom is -0.370 e. The molecule has 0 radical (unpaired) electrons. The summed E-state index contributed by atoms with van der Waals surface area (Å²) in [5.74, 6) is -0.565. The molecule has 0 bridgehead atoms. The van der Waals surface area contributed by atoms with Crippen LogP contribution in [0.3, 0.4) is 0 Å². The number of amides is 3. The van der Waals surface area contributed by atoms with E-state index in [1.165, 1.54) is 23.1 Å². The first-order chi connectivity index (χ1) is 18.3. The predicted molar refractivity (Wildman–Crippen MR) is 141 cm³/mol. The summed E-state index contributed by atoms with van der Waals surface area (Å²) in [4.78, 5) is 42.4. The average Bonchev–Trinajstić information content (AvgIpc) is 3.82. The number of nitrogens with zero attached hydrogens (tertiary/aromatic N) is 2. The zero-order valence-corrected chi connectivity index (χ0v) is 22.2. The molecular formula is C26H29ClF2N4O4S. The van der Waals surface area contributed by atoms with Gasteiger partial charge in [0.25, 0.3) is 18.2 Å². The molecule has 1 atom stereocenters. The number of ether oxygens (including phenoxy) is 1. The fraction of sp³-hybridized carbons (Fsp3) is 0.500. The Morgan fingerprint density at radius 3 is 2.61 bits per heavy atom. The maximum atomic E-state index is 14.0. The smallest absolute Gasteiger partial charge is 0.265 e. The van der Waals surface area contributed by atoms with Crippen LogP contribution in [0.2, 0.25) is 4.34 Å². The quantitative estimate of drug-likeness (QED) is 0.423. The Morgan fingerprint density at radius 2 is 1.97 bits per heavy atom. The van der Waals surface area contributed by atoms with Crippen LogP contribution in [-0.4, -0.2) is 67.6 Å². The summed E-state index contributed by atoms with van der Waals surface area (Å²) in [6, 6.07) is 7.03. The summed E-state index contributed by atoms with van der Waals surface area (Å²) in [5.41, 5.74) is -0.0224. The minimum atomic E-state index is -2.84. The molecule has 3 aliphatic rings. The van der Waals surface area contributed by atoms with Gasteiger partial charge in [0.2, 0.25) is 5.91 Å². The Kier molecular flexibility index (Phi) is 8.27. The summed E-state index contributed by atoms with van der Waals surface area (Å²) >= 11 is 7.12. The number of hydrogen-bond donors (Lipinski definition) is 2. The lowest BCUT2D eigenvalue weighted by Gasteiger charge is -2.31. The fourth-order valence-corrected chi connectivity index (χ4v) is 5.62. The third-order valence-corrected chi connectivity index (χ3v) is 8.17. The van der Waals surface area contributed by atoms with E-state index in [1.54, 1.807) is 12.1 Å². The topological polar surface area (TPSA) is 91.0 Å². The molecule has 12 heteroatoms. The van der Waals surface area contributed by atoms with Crippen molar-refractivity contribution in [1.82, 2.24) is 10.2 Å². The first-order valence-corrected chi connectivity index (χ1v) is 13.9. The molecule has 0 spiro atoms. The van der Waals surface area contributed by atoms with Gasteiger partial charge in [-0.25, -0.2) is 8.78 Å². The van der Waals surface area contributed by atoms with Crippen LogP contribution in [0.4, 0.5) is 20.2 Å². The molecule has 1 saturated heterocycles. The van der Waals surface area contributed by atoms with E-state index in [0.717, 1.165) is 43.6 Å². The molecule has 3 amide bonds. The molecule has 1 aliphatic heterocycles. The molecule has 2 N–H and O–H groups in total. The summed E-state index contributed by atoms with van der Waals surface area (Å²) < 4.78 is 33.6. The molecule has 1 aromatic heterocycles. The van der Waals surface area contributed by atoms with Crippen LogP contribution in [0.1, 0.15) is 47.3 Å². The van der Waals surface area contributed by atoms with Crippen LogP contribution in [0.25, 0.3) is 0 Å². The zero-order chi connectivity index (χ0) is 26.8. The largest absolute Gasteiger partial charge is 0.370 e. The molecule has 2 heterocycles. The number of carbonyl (C=O) groups excluding carboxylic acids is 3. The highest BCUT2D eigenvalue weighted by atomic mass is 35.5. The molecule has 8 nitrogen and oxygen atoms in total. The molecule has 2 aliphatic carbocycles. The van der Waals surface area contributed by atoms with E-state index in [2.05, 4.69) is 15.5 Å². The van der Waals surface area contributed by atoms with Gasteiger partial charge in [0.15, 0.2) is 0 Å². The second-order valence-electron chi connectivity index (χ2n) is 9.86. The van der Waals surface area contributed by atoms with Gasteiger partial charge < -0.3 is 20.3 Å². The first-order valence-electron chi connectivity index (χ1n) is 12.7. The Balaban J connectivity index is 1.34. The van der Waals surface area contributed by atoms with Crippen molar-refractivity contribution in [2.45, 2.75) is 44.2 Å². The van der Waals surface area contributed by atoms with Crippen molar-refractivity contribution >= 4 is 52.0 Å². The lowest BCUT2D eigenvalue weighted by molar-refractivity contribution is -0.125. The standard InChI is InChI=1S/C26H29ClF2N4O4S/c27-22-8-7-21(38-22)26(36)30-12-20(33(17-4-5-17)13-15-1-2-15)25(35)31-16-3-6-19(18(11-16)24(28)29)32-9-10-37-14-23(32)34/h3,6-8,11,15,17,20,24H,1-2,4-5,9-10,12-14H2,(H,30,36)(H,31,35)/t20-/m1/s1. The Bertz CT molecular complexity index is 1200. The summed E-state index contributed by atoms with van der Waals surface area (Å²) in [6.07, 6.45) is 1.32. The van der Waals surface area contributed by atoms with Crippen molar-refractivity contribution in [1.29, 1.82) is 0 Å². The average molecular weight is 567 g/mol. The highest BCUT2D eigenvalue weighted by molar-refractivity contribution is 7.18. The second kappa shape index (κ2) is 11.6. The molecule has 2 saturated carbocycles. The van der Waals surface area contributed by atoms with Gasteiger partial charge in [-0.15, -0.1) is 11.3 Å². The predicted octanol–water partition coefficient (Wildman–Crippen LogP) is 4.31. The van der Waals surface area contributed by atoms with Crippen molar-refractivity contribution in [2.24, 2.45) is 5.92 Å². The van der Waals surface area contributed by atoms with Gasteiger partial charge in [-0.2, -0.15) is 0 Å². The van der Waals surface area contributed by atoms with E-state index in [1.807, 2.05) is 0 Å². The first kappa shape index (κ1) is 27.0. The number of benzene rings is 1. The number of anilines is 2. The molecule has 1 aromatic carbocycles. The maximum Gasteiger partial charge on any atom is 0.265 e. The van der Waals surface area contributed by atoms with Gasteiger partial charge in [-0.05, 0) is 61.9 Å². The van der Waals surface area contributed by atoms with Crippen molar-refractivity contribution in [3.63, 3.8) is 0 Å². The van der Waals surface area contributed by atoms with Crippen molar-refractivity contribution in [3.8, 4) is 0 Å². The van der Waals surface area contributed by atoms with Crippen LogP contribution in [0.5, 0.6) is 0 Å². The van der Waals surface area contributed by atoms with Crippen LogP contribution >= 0.6 is 22.9 Å². The number of hydrogen-bond acceptors (Lipinski definition) is 6. The van der Waals surface area contributed by atoms with E-state index < -0.39 is 18.4 Å². The van der Waals surface area contributed by atoms with E-state index >= 15 is 0 Å². The Hall–Kier alpha value is -2.60. The lowest BCUT2D eigenvalue weighted by atomic mass is 10.1. The fourth-order valence-electron chi connectivity index (χ4n) is 4.66.